The van der Waals surface area contributed by atoms with Crippen LogP contribution in [0.2, 0.25) is 0 Å². The van der Waals surface area contributed by atoms with Gasteiger partial charge in [-0.3, -0.25) is 4.98 Å². The van der Waals surface area contributed by atoms with Crippen LogP contribution in [0.3, 0.4) is 0 Å². The molecule has 4 rings (SSSR count). The van der Waals surface area contributed by atoms with Crippen molar-refractivity contribution in [2.24, 2.45) is 5.92 Å². The van der Waals surface area contributed by atoms with E-state index in [9.17, 15) is 0 Å². The van der Waals surface area contributed by atoms with Gasteiger partial charge in [-0.15, -0.1) is 11.3 Å². The van der Waals surface area contributed by atoms with Crippen molar-refractivity contribution in [2.75, 3.05) is 5.32 Å². The molecule has 152 valence electrons. The number of aromatic nitrogens is 3. The number of rotatable bonds is 8. The van der Waals surface area contributed by atoms with Gasteiger partial charge in [0.05, 0.1) is 5.69 Å². The first-order chi connectivity index (χ1) is 14.7. The molecule has 3 aromatic heterocycles. The monoisotopic (exact) mass is 434 g/mol. The standard InChI is InChI=1S/C23H22N4OS2/c1-16(2)12-17-15-29-23(26-17)27-22-21(28-18-6-4-3-5-7-18)13-20(14-25-22)30-19-8-10-24-11-9-19/h3-11,13-16H,12H2,1-2H3,(H,25,26,27). The molecule has 0 aliphatic heterocycles. The summed E-state index contributed by atoms with van der Waals surface area (Å²) < 4.78 is 6.16. The van der Waals surface area contributed by atoms with Crippen LogP contribution in [0.4, 0.5) is 10.9 Å². The third-order valence-corrected chi connectivity index (χ3v) is 5.85. The van der Waals surface area contributed by atoms with Gasteiger partial charge in [0.25, 0.3) is 0 Å². The first-order valence-corrected chi connectivity index (χ1v) is 11.4. The molecule has 7 heteroatoms. The highest BCUT2D eigenvalue weighted by Gasteiger charge is 2.12. The predicted octanol–water partition coefficient (Wildman–Crippen LogP) is 6.82. The smallest absolute Gasteiger partial charge is 0.188 e. The van der Waals surface area contributed by atoms with Crippen molar-refractivity contribution in [1.82, 2.24) is 15.0 Å². The fraction of sp³-hybridized carbons (Fsp3) is 0.174. The molecule has 0 aliphatic rings. The van der Waals surface area contributed by atoms with Crippen molar-refractivity contribution in [2.45, 2.75) is 30.1 Å². The van der Waals surface area contributed by atoms with E-state index < -0.39 is 0 Å². The Kier molecular flexibility index (Phi) is 6.61. The Labute approximate surface area is 184 Å². The number of ether oxygens (including phenoxy) is 1. The van der Waals surface area contributed by atoms with E-state index in [1.807, 2.05) is 54.7 Å². The molecular weight excluding hydrogens is 412 g/mol. The maximum absolute atomic E-state index is 6.16. The first kappa shape index (κ1) is 20.4. The van der Waals surface area contributed by atoms with Crippen molar-refractivity contribution < 1.29 is 4.74 Å². The Balaban J connectivity index is 1.60. The lowest BCUT2D eigenvalue weighted by atomic mass is 10.1. The van der Waals surface area contributed by atoms with Gasteiger partial charge in [0, 0.05) is 39.8 Å². The second kappa shape index (κ2) is 9.73. The van der Waals surface area contributed by atoms with Crippen LogP contribution in [-0.2, 0) is 6.42 Å². The fourth-order valence-corrected chi connectivity index (χ4v) is 4.31. The van der Waals surface area contributed by atoms with Crippen molar-refractivity contribution in [1.29, 1.82) is 0 Å². The second-order valence-electron chi connectivity index (χ2n) is 7.08. The molecule has 0 spiro atoms. The third-order valence-electron chi connectivity index (χ3n) is 4.08. The highest BCUT2D eigenvalue weighted by atomic mass is 32.2. The molecule has 0 amide bonds. The topological polar surface area (TPSA) is 59.9 Å². The number of benzene rings is 1. The van der Waals surface area contributed by atoms with Crippen molar-refractivity contribution >= 4 is 34.0 Å². The van der Waals surface area contributed by atoms with Crippen LogP contribution in [0.1, 0.15) is 19.5 Å². The van der Waals surface area contributed by atoms with Gasteiger partial charge in [-0.25, -0.2) is 9.97 Å². The Hall–Kier alpha value is -2.90. The zero-order valence-electron chi connectivity index (χ0n) is 16.8. The molecule has 3 heterocycles. The van der Waals surface area contributed by atoms with E-state index in [4.69, 9.17) is 4.74 Å². The molecule has 0 atom stereocenters. The fourth-order valence-electron chi connectivity index (χ4n) is 2.79. The van der Waals surface area contributed by atoms with Gasteiger partial charge < -0.3 is 10.1 Å². The van der Waals surface area contributed by atoms with Crippen LogP contribution < -0.4 is 10.1 Å². The lowest BCUT2D eigenvalue weighted by Gasteiger charge is -2.12. The maximum Gasteiger partial charge on any atom is 0.188 e. The van der Waals surface area contributed by atoms with Gasteiger partial charge in [0.2, 0.25) is 0 Å². The highest BCUT2D eigenvalue weighted by molar-refractivity contribution is 7.99. The van der Waals surface area contributed by atoms with Gasteiger partial charge >= 0.3 is 0 Å². The third kappa shape index (κ3) is 5.58. The molecule has 0 aliphatic carbocycles. The van der Waals surface area contributed by atoms with Gasteiger partial charge in [0.1, 0.15) is 5.75 Å². The van der Waals surface area contributed by atoms with E-state index in [2.05, 4.69) is 39.5 Å². The Bertz CT molecular complexity index is 1080. The van der Waals surface area contributed by atoms with Gasteiger partial charge in [-0.05, 0) is 36.6 Å². The first-order valence-electron chi connectivity index (χ1n) is 9.68. The van der Waals surface area contributed by atoms with Crippen molar-refractivity contribution in [3.8, 4) is 11.5 Å². The maximum atomic E-state index is 6.16. The lowest BCUT2D eigenvalue weighted by molar-refractivity contribution is 0.481. The number of anilines is 2. The predicted molar refractivity (Wildman–Crippen MR) is 123 cm³/mol. The quantitative estimate of drug-likeness (QED) is 0.328. The molecule has 5 nitrogen and oxygen atoms in total. The number of hydrogen-bond acceptors (Lipinski definition) is 7. The molecule has 0 saturated heterocycles. The van der Waals surface area contributed by atoms with E-state index >= 15 is 0 Å². The van der Waals surface area contributed by atoms with E-state index in [0.29, 0.717) is 17.5 Å². The van der Waals surface area contributed by atoms with Crippen LogP contribution in [0, 0.1) is 5.92 Å². The summed E-state index contributed by atoms with van der Waals surface area (Å²) in [5, 5.41) is 6.23. The van der Waals surface area contributed by atoms with E-state index in [1.165, 1.54) is 0 Å². The highest BCUT2D eigenvalue weighted by Crippen LogP contribution is 2.36. The zero-order valence-corrected chi connectivity index (χ0v) is 18.4. The minimum absolute atomic E-state index is 0.569. The number of nitrogens with one attached hydrogen (secondary N) is 1. The summed E-state index contributed by atoms with van der Waals surface area (Å²) in [7, 11) is 0. The molecule has 30 heavy (non-hydrogen) atoms. The summed E-state index contributed by atoms with van der Waals surface area (Å²) in [5.41, 5.74) is 1.09. The molecule has 0 saturated carbocycles. The van der Waals surface area contributed by atoms with E-state index in [-0.39, 0.29) is 0 Å². The van der Waals surface area contributed by atoms with Gasteiger partial charge in [-0.2, -0.15) is 0 Å². The average molecular weight is 435 g/mol. The Morgan fingerprint density at radius 1 is 1.07 bits per heavy atom. The minimum Gasteiger partial charge on any atom is -0.453 e. The van der Waals surface area contributed by atoms with Crippen LogP contribution in [0.15, 0.2) is 82.3 Å². The molecule has 0 fully saturated rings. The van der Waals surface area contributed by atoms with Crippen LogP contribution in [0.25, 0.3) is 0 Å². The van der Waals surface area contributed by atoms with Crippen LogP contribution in [-0.4, -0.2) is 15.0 Å². The lowest BCUT2D eigenvalue weighted by Crippen LogP contribution is -1.99. The van der Waals surface area contributed by atoms with Crippen LogP contribution >= 0.6 is 23.1 Å². The number of hydrogen-bond donors (Lipinski definition) is 1. The number of thiazole rings is 1. The summed E-state index contributed by atoms with van der Waals surface area (Å²) in [4.78, 5) is 15.5. The second-order valence-corrected chi connectivity index (χ2v) is 9.09. The number of nitrogens with zero attached hydrogens (tertiary/aromatic N) is 3. The number of para-hydroxylation sites is 1. The zero-order chi connectivity index (χ0) is 20.8. The van der Waals surface area contributed by atoms with E-state index in [1.54, 1.807) is 35.5 Å². The molecule has 0 bridgehead atoms. The Morgan fingerprint density at radius 3 is 2.63 bits per heavy atom. The van der Waals surface area contributed by atoms with Gasteiger partial charge in [-0.1, -0.05) is 43.8 Å². The molecule has 0 unspecified atom stereocenters. The molecule has 1 N–H and O–H groups in total. The van der Waals surface area contributed by atoms with Crippen LogP contribution in [0.5, 0.6) is 11.5 Å². The largest absolute Gasteiger partial charge is 0.453 e. The summed E-state index contributed by atoms with van der Waals surface area (Å²) in [5.74, 6) is 2.62. The summed E-state index contributed by atoms with van der Waals surface area (Å²) in [6, 6.07) is 15.7. The molecule has 1 aromatic carbocycles. The SMILES string of the molecule is CC(C)Cc1csc(Nc2ncc(Sc3ccncc3)cc2Oc2ccccc2)n1. The summed E-state index contributed by atoms with van der Waals surface area (Å²) >= 11 is 3.19. The molecular formula is C23H22N4OS2. The number of pyridine rings is 2. The Morgan fingerprint density at radius 2 is 1.87 bits per heavy atom. The van der Waals surface area contributed by atoms with Crippen molar-refractivity contribution in [3.05, 3.63) is 78.2 Å². The normalized spacial score (nSPS) is 10.9. The summed E-state index contributed by atoms with van der Waals surface area (Å²) in [6.45, 7) is 4.39. The van der Waals surface area contributed by atoms with E-state index in [0.717, 1.165) is 32.8 Å². The minimum atomic E-state index is 0.569. The molecule has 0 radical (unpaired) electrons. The van der Waals surface area contributed by atoms with Crippen molar-refractivity contribution in [3.63, 3.8) is 0 Å². The average Bonchev–Trinajstić information content (AvgIpc) is 3.17. The molecule has 4 aromatic rings. The summed E-state index contributed by atoms with van der Waals surface area (Å²) in [6.07, 6.45) is 6.36. The van der Waals surface area contributed by atoms with Gasteiger partial charge in [0.15, 0.2) is 16.7 Å².